The van der Waals surface area contributed by atoms with E-state index in [1.807, 2.05) is 60.7 Å². The van der Waals surface area contributed by atoms with Crippen LogP contribution in [0.4, 0.5) is 5.69 Å². The highest BCUT2D eigenvalue weighted by molar-refractivity contribution is 8.07. The molecule has 324 valence electrons. The molecule has 0 saturated heterocycles. The van der Waals surface area contributed by atoms with E-state index in [9.17, 15) is 37.7 Å². The number of benzene rings is 3. The number of rotatable bonds is 13. The molecule has 61 heavy (non-hydrogen) atoms. The number of hydrogen-bond acceptors (Lipinski definition) is 15. The van der Waals surface area contributed by atoms with Gasteiger partial charge < -0.3 is 14.5 Å². The molecule has 1 fully saturated rings. The van der Waals surface area contributed by atoms with Gasteiger partial charge in [0.1, 0.15) is 10.9 Å². The average molecular weight is 957 g/mol. The van der Waals surface area contributed by atoms with Crippen LogP contribution in [0.5, 0.6) is 5.88 Å². The zero-order chi connectivity index (χ0) is 45.1. The van der Waals surface area contributed by atoms with Crippen LogP contribution in [-0.4, -0.2) is 71.9 Å². The summed E-state index contributed by atoms with van der Waals surface area (Å²) in [7, 11) is -3.70. The van der Waals surface area contributed by atoms with Gasteiger partial charge in [0.15, 0.2) is 43.7 Å². The van der Waals surface area contributed by atoms with Gasteiger partial charge in [-0.1, -0.05) is 101 Å². The van der Waals surface area contributed by atoms with E-state index in [1.54, 1.807) is 13.8 Å². The predicted molar refractivity (Wildman–Crippen MR) is 230 cm³/mol. The minimum atomic E-state index is -3.70. The molecule has 1 N–H and O–H groups in total. The van der Waals surface area contributed by atoms with Crippen molar-refractivity contribution in [3.05, 3.63) is 127 Å². The fourth-order valence-corrected chi connectivity index (χ4v) is 9.13. The number of hydrogen-bond donors (Lipinski definition) is 1. The van der Waals surface area contributed by atoms with Crippen molar-refractivity contribution in [1.82, 2.24) is 4.98 Å². The van der Waals surface area contributed by atoms with Crippen LogP contribution < -0.4 is 4.52 Å². The zero-order valence-corrected chi connectivity index (χ0v) is 37.3. The fraction of sp³-hybridized carbons (Fsp3) is 0.282. The minimum Gasteiger partial charge on any atom is -0.477 e. The van der Waals surface area contributed by atoms with E-state index in [0.717, 1.165) is 35.6 Å². The highest BCUT2D eigenvalue weighted by Gasteiger charge is 2.45. The van der Waals surface area contributed by atoms with Crippen LogP contribution in [0.15, 0.2) is 95.0 Å². The number of aliphatic carboxylic acids is 1. The first-order valence-electron chi connectivity index (χ1n) is 18.0. The quantitative estimate of drug-likeness (QED) is 0.0330. The molecule has 0 bridgehead atoms. The summed E-state index contributed by atoms with van der Waals surface area (Å²) in [6.07, 6.45) is 1.59. The number of pyridine rings is 1. The molecule has 1 aliphatic heterocycles. The zero-order valence-electron chi connectivity index (χ0n) is 32.5. The molecule has 2 aliphatic rings. The van der Waals surface area contributed by atoms with Gasteiger partial charge in [-0.25, -0.2) is 13.2 Å². The number of ketones is 3. The molecule has 3 aromatic carbocycles. The Morgan fingerprint density at radius 1 is 0.934 bits per heavy atom. The molecule has 0 radical (unpaired) electrons. The SMILES string of the molecule is CCOP(=S)(OCC)Oc1nc(Cl)c(Cl)cc1Cl.CS(=O)(=O)c1ccc(C(=O)C2C(=O)CCCC2=O)c([N+](=O)[O-])c1.O=C(O)C1=NOC(c2ccccc2)(c2ccccc2)C1. The Hall–Kier alpha value is -4.65. The van der Waals surface area contributed by atoms with Crippen molar-refractivity contribution in [3.63, 3.8) is 0 Å². The van der Waals surface area contributed by atoms with Crippen molar-refractivity contribution in [2.24, 2.45) is 11.1 Å². The summed E-state index contributed by atoms with van der Waals surface area (Å²) in [5.41, 5.74) is -0.189. The molecule has 16 nitrogen and oxygen atoms in total. The van der Waals surface area contributed by atoms with Crippen molar-refractivity contribution in [3.8, 4) is 5.88 Å². The second-order valence-electron chi connectivity index (χ2n) is 12.9. The van der Waals surface area contributed by atoms with Crippen LogP contribution in [0, 0.1) is 16.0 Å². The van der Waals surface area contributed by atoms with E-state index >= 15 is 0 Å². The number of nitrogens with zero attached hydrogens (tertiary/aromatic N) is 3. The standard InChI is InChI=1S/C16H13NO3.C14H13NO7S.C9H11Cl3NO3PS/c18-15(19)14-11-16(20-17-14,12-7-3-1-4-8-12)13-9-5-2-6-10-13;1-23(21,22)8-5-6-9(10(7-8)15(19)20)14(18)13-11(16)3-2-4-12(13)17;1-3-14-17(18,15-4-2)16-9-7(11)5-6(10)8(12)13-9/h1-10H,11H2,(H,18,19);5-7,13H,2-4H2,1H3;5H,3-4H2,1-2H3. The van der Waals surface area contributed by atoms with Gasteiger partial charge in [-0.3, -0.25) is 33.5 Å². The summed E-state index contributed by atoms with van der Waals surface area (Å²) in [5, 5.41) is 24.5. The number of carbonyl (C=O) groups is 4. The maximum atomic E-state index is 12.4. The largest absolute Gasteiger partial charge is 0.477 e. The van der Waals surface area contributed by atoms with Crippen LogP contribution in [0.2, 0.25) is 15.2 Å². The Kier molecular flexibility index (Phi) is 17.2. The lowest BCUT2D eigenvalue weighted by molar-refractivity contribution is -0.385. The van der Waals surface area contributed by atoms with Gasteiger partial charge in [0, 0.05) is 48.1 Å². The number of carboxylic acid groups (broad SMARTS) is 1. The Morgan fingerprint density at radius 3 is 1.93 bits per heavy atom. The van der Waals surface area contributed by atoms with Crippen LogP contribution in [0.1, 0.15) is 61.0 Å². The monoisotopic (exact) mass is 955 g/mol. The summed E-state index contributed by atoms with van der Waals surface area (Å²) >= 11 is 22.7. The maximum Gasteiger partial charge on any atom is 0.381 e. The number of carboxylic acids is 1. The first-order valence-corrected chi connectivity index (χ1v) is 23.6. The normalized spacial score (nSPS) is 15.0. The molecule has 4 aromatic rings. The van der Waals surface area contributed by atoms with Crippen molar-refractivity contribution in [2.45, 2.75) is 50.0 Å². The molecule has 0 unspecified atom stereocenters. The molecule has 6 rings (SSSR count). The molecule has 0 spiro atoms. The summed E-state index contributed by atoms with van der Waals surface area (Å²) in [4.78, 5) is 66.6. The number of Topliss-reactive ketones (excluding diaryl/α,β-unsaturated/α-hetero) is 3. The molecule has 2 heterocycles. The minimum absolute atomic E-state index is 0.0395. The van der Waals surface area contributed by atoms with Gasteiger partial charge in [0.05, 0.1) is 40.0 Å². The van der Waals surface area contributed by atoms with Crippen molar-refractivity contribution in [2.75, 3.05) is 19.5 Å². The fourth-order valence-electron chi connectivity index (χ4n) is 5.90. The van der Waals surface area contributed by atoms with E-state index in [1.165, 1.54) is 6.07 Å². The predicted octanol–water partition coefficient (Wildman–Crippen LogP) is 8.63. The molecular formula is C39H37Cl3N3O13PS2. The van der Waals surface area contributed by atoms with Crippen LogP contribution in [0.25, 0.3) is 0 Å². The highest BCUT2D eigenvalue weighted by atomic mass is 35.5. The lowest BCUT2D eigenvalue weighted by atomic mass is 9.81. The van der Waals surface area contributed by atoms with E-state index in [2.05, 4.69) is 10.1 Å². The lowest BCUT2D eigenvalue weighted by Gasteiger charge is -2.27. The third kappa shape index (κ3) is 12.5. The van der Waals surface area contributed by atoms with E-state index in [-0.39, 0.29) is 50.9 Å². The molecule has 0 amide bonds. The van der Waals surface area contributed by atoms with Gasteiger partial charge in [-0.15, -0.1) is 0 Å². The summed E-state index contributed by atoms with van der Waals surface area (Å²) in [6, 6.07) is 23.4. The number of oxime groups is 1. The number of sulfone groups is 1. The number of halogens is 3. The summed E-state index contributed by atoms with van der Waals surface area (Å²) < 4.78 is 39.0. The molecular weight excluding hydrogens is 920 g/mol. The first kappa shape index (κ1) is 49.0. The van der Waals surface area contributed by atoms with E-state index < -0.39 is 67.6 Å². The van der Waals surface area contributed by atoms with Gasteiger partial charge in [-0.05, 0) is 38.5 Å². The topological polar surface area (TPSA) is 228 Å². The van der Waals surface area contributed by atoms with E-state index in [0.29, 0.717) is 19.6 Å². The van der Waals surface area contributed by atoms with Gasteiger partial charge in [-0.2, -0.15) is 4.98 Å². The average Bonchev–Trinajstić information content (AvgIpc) is 3.68. The first-order chi connectivity index (χ1) is 28.8. The van der Waals surface area contributed by atoms with E-state index in [4.69, 9.17) is 70.1 Å². The lowest BCUT2D eigenvalue weighted by Crippen LogP contribution is -2.35. The van der Waals surface area contributed by atoms with Gasteiger partial charge in [0.2, 0.25) is 5.88 Å². The van der Waals surface area contributed by atoms with Crippen molar-refractivity contribution in [1.29, 1.82) is 0 Å². The van der Waals surface area contributed by atoms with Gasteiger partial charge >= 0.3 is 12.7 Å². The smallest absolute Gasteiger partial charge is 0.381 e. The van der Waals surface area contributed by atoms with Gasteiger partial charge in [0.25, 0.3) is 5.69 Å². The molecule has 1 aliphatic carbocycles. The second-order valence-corrected chi connectivity index (χ2v) is 19.0. The molecule has 22 heteroatoms. The Labute approximate surface area is 370 Å². The number of aromatic nitrogens is 1. The van der Waals surface area contributed by atoms with Crippen molar-refractivity contribution >= 4 is 97.9 Å². The molecule has 1 saturated carbocycles. The molecule has 1 aromatic heterocycles. The molecule has 0 atom stereocenters. The Bertz CT molecular complexity index is 2430. The number of carbonyl (C=O) groups excluding carboxylic acids is 3. The van der Waals surface area contributed by atoms with Crippen LogP contribution in [-0.2, 0) is 55.5 Å². The number of nitro groups is 1. The second kappa shape index (κ2) is 21.4. The Morgan fingerprint density at radius 2 is 1.48 bits per heavy atom. The maximum absolute atomic E-state index is 12.4. The third-order valence-electron chi connectivity index (χ3n) is 8.69. The summed E-state index contributed by atoms with van der Waals surface area (Å²) in [5.74, 6) is -4.60. The highest BCUT2D eigenvalue weighted by Crippen LogP contribution is 2.51. The Balaban J connectivity index is 0.000000203. The summed E-state index contributed by atoms with van der Waals surface area (Å²) in [6.45, 7) is 1.37. The van der Waals surface area contributed by atoms with Crippen LogP contribution >= 0.6 is 41.5 Å². The number of nitro benzene ring substituents is 1. The van der Waals surface area contributed by atoms with Crippen LogP contribution in [0.3, 0.4) is 0 Å². The third-order valence-corrected chi connectivity index (χ3v) is 13.1. The van der Waals surface area contributed by atoms with Crippen molar-refractivity contribution < 1.29 is 56.0 Å².